The first-order valence-electron chi connectivity index (χ1n) is 22.2. The first-order chi connectivity index (χ1) is 22.9. The number of hydrogen-bond acceptors (Lipinski definition) is 1. The molecule has 0 spiro atoms. The van der Waals surface area contributed by atoms with Crippen molar-refractivity contribution < 1.29 is 0 Å². The zero-order valence-electron chi connectivity index (χ0n) is 30.1. The Kier molecular flexibility index (Phi) is 6.90. The zero-order chi connectivity index (χ0) is 30.6. The summed E-state index contributed by atoms with van der Waals surface area (Å²) >= 11 is 0. The smallest absolute Gasteiger partial charge is 0.000897 e. The molecule has 0 aromatic heterocycles. The Morgan fingerprint density at radius 1 is 0.298 bits per heavy atom. The van der Waals surface area contributed by atoms with Crippen LogP contribution in [0.15, 0.2) is 0 Å². The van der Waals surface area contributed by atoms with Crippen molar-refractivity contribution in [2.45, 2.75) is 175 Å². The molecule has 0 heterocycles. The second-order valence-electron chi connectivity index (χ2n) is 22.6. The fraction of sp³-hybridized carbons (Fsp3) is 1.00. The van der Waals surface area contributed by atoms with Crippen LogP contribution in [-0.4, -0.2) is 46.0 Å². The van der Waals surface area contributed by atoms with Crippen LogP contribution < -0.4 is 5.32 Å². The molecular weight excluding hydrogens is 604 g/mol. The van der Waals surface area contributed by atoms with E-state index in [1.807, 2.05) is 0 Å². The molecule has 0 atom stereocenters. The third-order valence-corrected chi connectivity index (χ3v) is 27.5. The minimum absolute atomic E-state index is 0.157. The van der Waals surface area contributed by atoms with Gasteiger partial charge in [0.1, 0.15) is 0 Å². The van der Waals surface area contributed by atoms with Crippen molar-refractivity contribution in [3.8, 4) is 0 Å². The van der Waals surface area contributed by atoms with E-state index < -0.39 is 0 Å². The van der Waals surface area contributed by atoms with Crippen LogP contribution in [-0.2, 0) is 0 Å². The van der Waals surface area contributed by atoms with Crippen molar-refractivity contribution in [1.29, 1.82) is 0 Å². The fourth-order valence-corrected chi connectivity index (χ4v) is 30.5. The van der Waals surface area contributed by atoms with Crippen LogP contribution in [0.3, 0.4) is 0 Å². The summed E-state index contributed by atoms with van der Waals surface area (Å²) in [4.78, 5) is 0. The SMILES string of the molecule is C(CP(C12CC3CC(CC(C3)C1)C2)C12CC3CC(CC(C3)C1)C2)NCCP(C12CC3CC(CC(C3)C1)C2)C12CC3CC(CC(C3)C1)C2. The van der Waals surface area contributed by atoms with Gasteiger partial charge in [0.25, 0.3) is 0 Å². The third kappa shape index (κ3) is 4.74. The minimum atomic E-state index is 0.157. The second-order valence-corrected chi connectivity index (χ2v) is 29.0. The van der Waals surface area contributed by atoms with Crippen LogP contribution in [0.4, 0.5) is 0 Å². The largest absolute Gasteiger partial charge is 0.316 e. The highest BCUT2D eigenvalue weighted by molar-refractivity contribution is 7.61. The van der Waals surface area contributed by atoms with E-state index >= 15 is 0 Å². The van der Waals surface area contributed by atoms with Gasteiger partial charge < -0.3 is 5.32 Å². The molecular formula is C44H69NP2. The Bertz CT molecular complexity index is 928. The maximum Gasteiger partial charge on any atom is -0.000897 e. The highest BCUT2D eigenvalue weighted by atomic mass is 31.1. The second kappa shape index (κ2) is 10.7. The molecule has 16 rings (SSSR count). The molecule has 0 amide bonds. The van der Waals surface area contributed by atoms with Gasteiger partial charge in [0.2, 0.25) is 0 Å². The van der Waals surface area contributed by atoms with E-state index in [0.717, 1.165) is 91.6 Å². The van der Waals surface area contributed by atoms with Crippen molar-refractivity contribution in [3.05, 3.63) is 0 Å². The summed E-state index contributed by atoms with van der Waals surface area (Å²) in [5, 5.41) is 7.69. The molecule has 1 nitrogen and oxygen atoms in total. The van der Waals surface area contributed by atoms with Crippen molar-refractivity contribution >= 4 is 15.8 Å². The van der Waals surface area contributed by atoms with Crippen molar-refractivity contribution in [1.82, 2.24) is 5.32 Å². The molecule has 0 aromatic carbocycles. The molecule has 16 saturated carbocycles. The highest BCUT2D eigenvalue weighted by Gasteiger charge is 2.64. The van der Waals surface area contributed by atoms with Crippen molar-refractivity contribution in [2.24, 2.45) is 71.0 Å². The standard InChI is InChI=1S/C44H69NP2/c1(3-46(41-17-29-5-30(18-41)7-31(6-29)19-41)42-20-32-8-33(21-42)10-34(9-32)22-42)45-2-4-47(43-23-35-11-36(24-43)13-37(12-35)25-43)44-26-38-14-39(27-44)16-40(15-38)28-44/h29-40,45H,1-28H2. The van der Waals surface area contributed by atoms with E-state index in [0.29, 0.717) is 0 Å². The Hall–Kier alpha value is 0.820. The summed E-state index contributed by atoms with van der Waals surface area (Å²) in [6.45, 7) is 2.81. The van der Waals surface area contributed by atoms with Gasteiger partial charge in [-0.25, -0.2) is 0 Å². The molecule has 1 N–H and O–H groups in total. The van der Waals surface area contributed by atoms with Crippen LogP contribution in [0.1, 0.15) is 154 Å². The van der Waals surface area contributed by atoms with Crippen molar-refractivity contribution in [3.63, 3.8) is 0 Å². The predicted molar refractivity (Wildman–Crippen MR) is 200 cm³/mol. The summed E-state index contributed by atoms with van der Waals surface area (Å²) in [6.07, 6.45) is 43.2. The van der Waals surface area contributed by atoms with Crippen molar-refractivity contribution in [2.75, 3.05) is 25.4 Å². The normalized spacial score (nSPS) is 59.7. The maximum absolute atomic E-state index is 4.41. The topological polar surface area (TPSA) is 12.0 Å². The molecule has 0 aliphatic heterocycles. The summed E-state index contributed by atoms with van der Waals surface area (Å²) in [6, 6.07) is 0. The summed E-state index contributed by atoms with van der Waals surface area (Å²) < 4.78 is 0. The molecule has 47 heavy (non-hydrogen) atoms. The molecule has 0 radical (unpaired) electrons. The summed E-state index contributed by atoms with van der Waals surface area (Å²) in [5.74, 6) is 13.6. The Morgan fingerprint density at radius 2 is 0.468 bits per heavy atom. The average molecular weight is 674 g/mol. The predicted octanol–water partition coefficient (Wildman–Crippen LogP) is 11.4. The molecule has 16 aliphatic rings. The quantitative estimate of drug-likeness (QED) is 0.180. The van der Waals surface area contributed by atoms with Crippen LogP contribution in [0, 0.1) is 71.0 Å². The van der Waals surface area contributed by atoms with E-state index in [4.69, 9.17) is 0 Å². The Balaban J connectivity index is 0.801. The lowest BCUT2D eigenvalue weighted by Gasteiger charge is -2.68. The monoisotopic (exact) mass is 673 g/mol. The first kappa shape index (κ1) is 30.3. The van der Waals surface area contributed by atoms with Gasteiger partial charge in [-0.05, 0) is 271 Å². The summed E-state index contributed by atoms with van der Waals surface area (Å²) in [5.41, 5.74) is 0. The fourth-order valence-electron chi connectivity index (χ4n) is 20.0. The van der Waals surface area contributed by atoms with Gasteiger partial charge in [0.15, 0.2) is 0 Å². The van der Waals surface area contributed by atoms with Crippen LogP contribution in [0.2, 0.25) is 0 Å². The van der Waals surface area contributed by atoms with Crippen LogP contribution in [0.5, 0.6) is 0 Å². The highest BCUT2D eigenvalue weighted by Crippen LogP contribution is 2.80. The van der Waals surface area contributed by atoms with E-state index in [9.17, 15) is 0 Å². The van der Waals surface area contributed by atoms with Gasteiger partial charge >= 0.3 is 0 Å². The molecule has 260 valence electrons. The lowest BCUT2D eigenvalue weighted by molar-refractivity contribution is 0.0184. The Morgan fingerprint density at radius 3 is 0.638 bits per heavy atom. The van der Waals surface area contributed by atoms with E-state index in [1.54, 1.807) is 166 Å². The average Bonchev–Trinajstić information content (AvgIpc) is 2.97. The van der Waals surface area contributed by atoms with Crippen LogP contribution in [0.25, 0.3) is 0 Å². The molecule has 16 bridgehead atoms. The molecule has 3 heteroatoms. The maximum atomic E-state index is 4.41. The van der Waals surface area contributed by atoms with Gasteiger partial charge in [-0.15, -0.1) is 0 Å². The van der Waals surface area contributed by atoms with E-state index in [-0.39, 0.29) is 15.8 Å². The van der Waals surface area contributed by atoms with E-state index in [1.165, 1.54) is 13.1 Å². The third-order valence-electron chi connectivity index (χ3n) is 19.3. The zero-order valence-corrected chi connectivity index (χ0v) is 31.9. The van der Waals surface area contributed by atoms with Crippen LogP contribution >= 0.6 is 15.8 Å². The lowest BCUT2D eigenvalue weighted by Crippen LogP contribution is -2.57. The minimum Gasteiger partial charge on any atom is -0.316 e. The van der Waals surface area contributed by atoms with Gasteiger partial charge in [-0.1, -0.05) is 15.8 Å². The molecule has 0 aromatic rings. The molecule has 0 saturated heterocycles. The van der Waals surface area contributed by atoms with Gasteiger partial charge in [-0.3, -0.25) is 0 Å². The summed E-state index contributed by atoms with van der Waals surface area (Å²) in [7, 11) is 0.314. The molecule has 0 unspecified atom stereocenters. The number of nitrogens with one attached hydrogen (secondary N) is 1. The van der Waals surface area contributed by atoms with Gasteiger partial charge in [0.05, 0.1) is 0 Å². The first-order valence-corrected chi connectivity index (χ1v) is 25.2. The molecule has 16 fully saturated rings. The number of rotatable bonds is 10. The number of hydrogen-bond donors (Lipinski definition) is 1. The van der Waals surface area contributed by atoms with Gasteiger partial charge in [0, 0.05) is 0 Å². The molecule has 16 aliphatic carbocycles. The lowest BCUT2D eigenvalue weighted by atomic mass is 9.55. The van der Waals surface area contributed by atoms with E-state index in [2.05, 4.69) is 5.32 Å². The Labute approximate surface area is 291 Å². The van der Waals surface area contributed by atoms with Gasteiger partial charge in [-0.2, -0.15) is 0 Å².